The van der Waals surface area contributed by atoms with Gasteiger partial charge in [0.2, 0.25) is 0 Å². The first-order valence-corrected chi connectivity index (χ1v) is 31.5. The van der Waals surface area contributed by atoms with Crippen molar-refractivity contribution < 1.29 is 15.7 Å². The Kier molecular flexibility index (Phi) is 8.31. The second kappa shape index (κ2) is 11.4. The molecule has 4 aromatic rings. The number of halogens is 2. The Morgan fingerprint density at radius 3 is 1.28 bits per heavy atom. The van der Waals surface area contributed by atoms with Crippen LogP contribution in [-0.4, -0.2) is 3.26 Å². The molecular weight excluding hydrogens is 766 g/mol. The third-order valence-electron chi connectivity index (χ3n) is 10.4. The van der Waals surface area contributed by atoms with E-state index in [-0.39, 0.29) is 18.2 Å². The van der Waals surface area contributed by atoms with Crippen molar-refractivity contribution in [1.82, 2.24) is 0 Å². The Hall–Kier alpha value is -2.32. The fourth-order valence-electron chi connectivity index (χ4n) is 8.21. The number of hydrogen-bond donors (Lipinski definition) is 0. The van der Waals surface area contributed by atoms with Gasteiger partial charge in [-0.2, -0.15) is 0 Å². The van der Waals surface area contributed by atoms with Crippen LogP contribution in [0, 0.1) is 27.7 Å². The maximum atomic E-state index is 8.79. The van der Waals surface area contributed by atoms with Crippen molar-refractivity contribution in [3.8, 4) is 11.1 Å². The quantitative estimate of drug-likeness (QED) is 0.180. The molecule has 0 fully saturated rings. The Balaban J connectivity index is 1.85. The average molecular weight is 814 g/mol. The zero-order valence-electron chi connectivity index (χ0n) is 29.1. The normalized spacial score (nSPS) is 15.4. The average Bonchev–Trinajstić information content (AvgIpc) is 3.61. The van der Waals surface area contributed by atoms with E-state index >= 15 is 0 Å². The van der Waals surface area contributed by atoms with Crippen molar-refractivity contribution >= 4 is 20.4 Å². The number of aryl methyl sites for hydroxylation is 4. The van der Waals surface area contributed by atoms with Gasteiger partial charge in [0.25, 0.3) is 0 Å². The summed E-state index contributed by atoms with van der Waals surface area (Å²) in [6.07, 6.45) is 8.85. The molecule has 0 aromatic heterocycles. The third kappa shape index (κ3) is 5.43. The SMILES string of the molecule is Cc1ccc([C](c2ccc(C)cc2)=[Hf]([Cl])([Cl])([CH]2C=CC=C2)[CH]2c3cc(C)c(C(C)(C)C)cc3-c3cc(C(C)(C)C)c(C)cc32)cc1. The van der Waals surface area contributed by atoms with Crippen molar-refractivity contribution in [3.05, 3.63) is 153 Å². The van der Waals surface area contributed by atoms with Gasteiger partial charge in [0.1, 0.15) is 0 Å². The molecule has 0 atom stereocenters. The van der Waals surface area contributed by atoms with Gasteiger partial charge in [-0.25, -0.2) is 0 Å². The number of fused-ring (bicyclic) bond motifs is 3. The fourth-order valence-corrected chi connectivity index (χ4v) is 35.9. The van der Waals surface area contributed by atoms with Crippen molar-refractivity contribution in [2.75, 3.05) is 0 Å². The van der Waals surface area contributed by atoms with Crippen LogP contribution in [0.25, 0.3) is 11.1 Å². The first-order chi connectivity index (χ1) is 21.4. The van der Waals surface area contributed by atoms with Crippen LogP contribution >= 0.6 is 17.2 Å². The summed E-state index contributed by atoms with van der Waals surface area (Å²) in [7, 11) is 17.6. The first-order valence-electron chi connectivity index (χ1n) is 16.7. The van der Waals surface area contributed by atoms with Crippen LogP contribution in [0.5, 0.6) is 0 Å². The Labute approximate surface area is 285 Å². The summed E-state index contributed by atoms with van der Waals surface area (Å²) in [6, 6.07) is 27.6. The van der Waals surface area contributed by atoms with Crippen molar-refractivity contribution in [2.45, 2.75) is 87.4 Å². The van der Waals surface area contributed by atoms with Crippen LogP contribution in [-0.2, 0) is 26.5 Å². The van der Waals surface area contributed by atoms with E-state index in [9.17, 15) is 0 Å². The molecule has 3 heteroatoms. The molecule has 0 aliphatic heterocycles. The molecule has 0 heterocycles. The predicted molar refractivity (Wildman–Crippen MR) is 200 cm³/mol. The van der Waals surface area contributed by atoms with E-state index in [1.165, 1.54) is 55.6 Å². The van der Waals surface area contributed by atoms with Gasteiger partial charge in [-0.15, -0.1) is 0 Å². The summed E-state index contributed by atoms with van der Waals surface area (Å²) < 4.78 is 0.966. The predicted octanol–water partition coefficient (Wildman–Crippen LogP) is 12.8. The molecule has 0 saturated heterocycles. The van der Waals surface area contributed by atoms with Gasteiger partial charge >= 0.3 is 287 Å². The summed E-state index contributed by atoms with van der Waals surface area (Å²) >= 11 is -5.55. The van der Waals surface area contributed by atoms with Gasteiger partial charge in [0.15, 0.2) is 0 Å². The minimum absolute atomic E-state index is 0.00763. The van der Waals surface area contributed by atoms with Gasteiger partial charge < -0.3 is 0 Å². The van der Waals surface area contributed by atoms with Crippen molar-refractivity contribution in [1.29, 1.82) is 0 Å². The Morgan fingerprint density at radius 1 is 0.565 bits per heavy atom. The molecular formula is C43H48Cl2Hf. The molecule has 0 N–H and O–H groups in total. The number of benzene rings is 4. The zero-order chi connectivity index (χ0) is 33.4. The van der Waals surface area contributed by atoms with Crippen LogP contribution in [0.1, 0.15) is 101 Å². The van der Waals surface area contributed by atoms with Gasteiger partial charge in [-0.05, 0) is 0 Å². The molecule has 0 spiro atoms. The van der Waals surface area contributed by atoms with Gasteiger partial charge in [0.05, 0.1) is 0 Å². The molecule has 0 nitrogen and oxygen atoms in total. The Morgan fingerprint density at radius 2 is 0.935 bits per heavy atom. The summed E-state index contributed by atoms with van der Waals surface area (Å²) in [5.74, 6) is 0. The summed E-state index contributed by atoms with van der Waals surface area (Å²) in [4.78, 5) is 0. The first kappa shape index (κ1) is 33.6. The standard InChI is InChI=1S/C23H29.C15H14.C5H5.2ClH.Hf/c1-14-9-16-11-17-10-15(2)21(23(6,7)8)13-19(17)18(16)12-20(14)22(3,4)5;1-12-3-7-14(8-4-12)11-15-9-5-13(2)6-10-15;1-2-4-5-3-1;;;/h9-13H,1-8H3;3-10H,1-2H3;1-5H;2*1H;/q;;;;;+2/p-2. The molecule has 2 aliphatic carbocycles. The molecule has 4 aromatic carbocycles. The fraction of sp³-hybridized carbons (Fsp3) is 0.326. The number of rotatable bonds is 4. The molecule has 6 rings (SSSR count). The molecule has 46 heavy (non-hydrogen) atoms. The number of allylic oxidation sites excluding steroid dienone is 4. The number of hydrogen-bond acceptors (Lipinski definition) is 0. The minimum atomic E-state index is -5.55. The van der Waals surface area contributed by atoms with Crippen molar-refractivity contribution in [3.63, 3.8) is 0 Å². The van der Waals surface area contributed by atoms with Gasteiger partial charge in [-0.3, -0.25) is 0 Å². The van der Waals surface area contributed by atoms with E-state index in [0.29, 0.717) is 0 Å². The maximum absolute atomic E-state index is 8.79. The molecule has 238 valence electrons. The third-order valence-corrected chi connectivity index (χ3v) is 38.5. The van der Waals surface area contributed by atoms with E-state index in [4.69, 9.17) is 17.2 Å². The second-order valence-electron chi connectivity index (χ2n) is 16.0. The molecule has 0 bridgehead atoms. The molecule has 0 amide bonds. The van der Waals surface area contributed by atoms with Crippen LogP contribution < -0.4 is 0 Å². The van der Waals surface area contributed by atoms with E-state index in [1.54, 1.807) is 0 Å². The molecule has 0 radical (unpaired) electrons. The molecule has 2 aliphatic rings. The van der Waals surface area contributed by atoms with Crippen LogP contribution in [0.2, 0.25) is 3.67 Å². The molecule has 0 unspecified atom stereocenters. The van der Waals surface area contributed by atoms with E-state index in [1.807, 2.05) is 0 Å². The molecule has 0 saturated carbocycles. The topological polar surface area (TPSA) is 0 Å². The second-order valence-corrected chi connectivity index (χ2v) is 45.5. The monoisotopic (exact) mass is 814 g/mol. The summed E-state index contributed by atoms with van der Waals surface area (Å²) in [5.41, 5.74) is 15.2. The Bertz CT molecular complexity index is 1850. The van der Waals surface area contributed by atoms with Crippen LogP contribution in [0.15, 0.2) is 97.1 Å². The summed E-state index contributed by atoms with van der Waals surface area (Å²) in [6.45, 7) is 22.7. The van der Waals surface area contributed by atoms with Crippen LogP contribution in [0.4, 0.5) is 0 Å². The van der Waals surface area contributed by atoms with Gasteiger partial charge in [-0.1, -0.05) is 0 Å². The van der Waals surface area contributed by atoms with Gasteiger partial charge in [0, 0.05) is 0 Å². The van der Waals surface area contributed by atoms with E-state index in [0.717, 1.165) is 14.4 Å². The van der Waals surface area contributed by atoms with Crippen molar-refractivity contribution in [2.24, 2.45) is 0 Å². The van der Waals surface area contributed by atoms with E-state index < -0.39 is 15.7 Å². The van der Waals surface area contributed by atoms with Crippen LogP contribution in [0.3, 0.4) is 0 Å². The van der Waals surface area contributed by atoms with E-state index in [2.05, 4.69) is 166 Å². The zero-order valence-corrected chi connectivity index (χ0v) is 34.3. The summed E-state index contributed by atoms with van der Waals surface area (Å²) in [5, 5.41) is 0.